The van der Waals surface area contributed by atoms with Gasteiger partial charge in [-0.1, -0.05) is 0 Å². The number of hydrogen-bond acceptors (Lipinski definition) is 7. The molecule has 0 spiro atoms. The summed E-state index contributed by atoms with van der Waals surface area (Å²) in [6.45, 7) is 3.10. The molecular weight excluding hydrogens is 442 g/mol. The summed E-state index contributed by atoms with van der Waals surface area (Å²) in [6, 6.07) is 8.04. The highest BCUT2D eigenvalue weighted by Gasteiger charge is 2.29. The van der Waals surface area contributed by atoms with Crippen LogP contribution in [0.25, 0.3) is 10.9 Å². The third-order valence-electron chi connectivity index (χ3n) is 6.15. The van der Waals surface area contributed by atoms with E-state index in [9.17, 15) is 13.2 Å². The molecule has 10 nitrogen and oxygen atoms in total. The minimum Gasteiger partial charge on any atom is -0.354 e. The molecular formula is C22H23N7O3S. The van der Waals surface area contributed by atoms with E-state index in [-0.39, 0.29) is 21.7 Å². The normalized spacial score (nSPS) is 16.4. The first-order valence-corrected chi connectivity index (χ1v) is 12.0. The van der Waals surface area contributed by atoms with Gasteiger partial charge in [0.1, 0.15) is 17.8 Å². The minimum absolute atomic E-state index is 0.0637. The third-order valence-corrected chi connectivity index (χ3v) is 8.01. The molecule has 4 aromatic rings. The summed E-state index contributed by atoms with van der Waals surface area (Å²) in [5.41, 5.74) is 1.56. The first-order chi connectivity index (χ1) is 15.8. The minimum atomic E-state index is -3.81. The van der Waals surface area contributed by atoms with E-state index in [0.717, 1.165) is 24.3 Å². The zero-order valence-electron chi connectivity index (χ0n) is 18.2. The van der Waals surface area contributed by atoms with Crippen LogP contribution in [-0.2, 0) is 16.9 Å². The smallest absolute Gasteiger partial charge is 0.268 e. The lowest BCUT2D eigenvalue weighted by Crippen LogP contribution is -2.38. The molecule has 2 N–H and O–H groups in total. The molecule has 170 valence electrons. The molecule has 1 aliphatic heterocycles. The molecule has 5 rings (SSSR count). The highest BCUT2D eigenvalue weighted by atomic mass is 32.2. The van der Waals surface area contributed by atoms with E-state index < -0.39 is 9.84 Å². The van der Waals surface area contributed by atoms with Gasteiger partial charge in [-0.3, -0.25) is 9.89 Å². The Morgan fingerprint density at radius 1 is 1.24 bits per heavy atom. The summed E-state index contributed by atoms with van der Waals surface area (Å²) in [6.07, 6.45) is 5.54. The van der Waals surface area contributed by atoms with Gasteiger partial charge in [-0.25, -0.2) is 18.4 Å². The summed E-state index contributed by atoms with van der Waals surface area (Å²) >= 11 is 0. The molecule has 0 radical (unpaired) electrons. The number of nitrogens with one attached hydrogen (secondary N) is 2. The number of fused-ring (bicyclic) bond motifs is 1. The summed E-state index contributed by atoms with van der Waals surface area (Å²) in [4.78, 5) is 23.6. The topological polar surface area (TPSA) is 126 Å². The van der Waals surface area contributed by atoms with Gasteiger partial charge in [0.25, 0.3) is 5.91 Å². The fraction of sp³-hybridized carbons (Fsp3) is 0.273. The van der Waals surface area contributed by atoms with Gasteiger partial charge in [-0.05, 0) is 43.7 Å². The first-order valence-electron chi connectivity index (χ1n) is 10.5. The first kappa shape index (κ1) is 21.1. The Morgan fingerprint density at radius 3 is 2.88 bits per heavy atom. The van der Waals surface area contributed by atoms with Crippen LogP contribution in [0.2, 0.25) is 0 Å². The van der Waals surface area contributed by atoms with Crippen molar-refractivity contribution >= 4 is 32.5 Å². The fourth-order valence-electron chi connectivity index (χ4n) is 4.19. The van der Waals surface area contributed by atoms with Crippen LogP contribution in [0.5, 0.6) is 0 Å². The summed E-state index contributed by atoms with van der Waals surface area (Å²) < 4.78 is 28.3. The second-order valence-corrected chi connectivity index (χ2v) is 10.1. The van der Waals surface area contributed by atoms with Crippen molar-refractivity contribution < 1.29 is 13.2 Å². The largest absolute Gasteiger partial charge is 0.354 e. The number of carbonyl (C=O) groups excluding carboxylic acids is 1. The monoisotopic (exact) mass is 465 g/mol. The Balaban J connectivity index is 1.37. The van der Waals surface area contributed by atoms with Crippen molar-refractivity contribution in [1.29, 1.82) is 0 Å². The number of sulfone groups is 1. The molecule has 3 aromatic heterocycles. The highest BCUT2D eigenvalue weighted by molar-refractivity contribution is 7.91. The van der Waals surface area contributed by atoms with Gasteiger partial charge in [-0.15, -0.1) is 0 Å². The zero-order chi connectivity index (χ0) is 23.2. The maximum absolute atomic E-state index is 13.4. The quantitative estimate of drug-likeness (QED) is 0.461. The Labute approximate surface area is 190 Å². The van der Waals surface area contributed by atoms with Crippen LogP contribution in [0.4, 0.5) is 5.82 Å². The van der Waals surface area contributed by atoms with E-state index in [1.807, 2.05) is 6.07 Å². The molecule has 0 aliphatic carbocycles. The molecule has 1 aliphatic rings. The van der Waals surface area contributed by atoms with Crippen molar-refractivity contribution in [3.8, 4) is 0 Å². The van der Waals surface area contributed by atoms with Crippen molar-refractivity contribution in [3.63, 3.8) is 0 Å². The van der Waals surface area contributed by atoms with Gasteiger partial charge in [0.05, 0.1) is 21.5 Å². The predicted molar refractivity (Wildman–Crippen MR) is 122 cm³/mol. The van der Waals surface area contributed by atoms with Crippen LogP contribution in [0, 0.1) is 6.92 Å². The standard InChI is InChI=1S/C22H23N7O3S/c1-14-20(33(31,32)17-3-4-18-15(9-17)11-25-27-18)10-19(28(14)2)22(30)26-16-6-8-29(12-16)21-5-7-23-13-24-21/h3-5,7,9-11,13,16H,6,8,12H2,1-2H3,(H,25,27)(H,26,30)/t16-/m1/s1. The molecule has 0 unspecified atom stereocenters. The number of aromatic amines is 1. The molecule has 1 amide bonds. The summed E-state index contributed by atoms with van der Waals surface area (Å²) in [5, 5.41) is 10.5. The van der Waals surface area contributed by atoms with Crippen LogP contribution in [0.1, 0.15) is 22.6 Å². The lowest BCUT2D eigenvalue weighted by atomic mass is 10.2. The Kier molecular flexibility index (Phi) is 5.12. The van der Waals surface area contributed by atoms with Gasteiger partial charge in [0.2, 0.25) is 9.84 Å². The number of nitrogens with zero attached hydrogens (tertiary/aromatic N) is 5. The second-order valence-electron chi connectivity index (χ2n) is 8.13. The van der Waals surface area contributed by atoms with E-state index in [0.29, 0.717) is 23.3 Å². The number of benzene rings is 1. The Hall–Kier alpha value is -3.73. The molecule has 11 heteroatoms. The van der Waals surface area contributed by atoms with Gasteiger partial charge >= 0.3 is 0 Å². The van der Waals surface area contributed by atoms with Crippen LogP contribution < -0.4 is 10.2 Å². The number of carbonyl (C=O) groups is 1. The maximum atomic E-state index is 13.4. The van der Waals surface area contributed by atoms with Crippen LogP contribution >= 0.6 is 0 Å². The van der Waals surface area contributed by atoms with Crippen molar-refractivity contribution in [2.24, 2.45) is 7.05 Å². The molecule has 1 saturated heterocycles. The van der Waals surface area contributed by atoms with Crippen LogP contribution in [0.3, 0.4) is 0 Å². The molecule has 1 aromatic carbocycles. The maximum Gasteiger partial charge on any atom is 0.268 e. The van der Waals surface area contributed by atoms with E-state index in [1.54, 1.807) is 49.1 Å². The summed E-state index contributed by atoms with van der Waals surface area (Å²) in [5.74, 6) is 0.515. The van der Waals surface area contributed by atoms with Gasteiger partial charge in [-0.2, -0.15) is 5.10 Å². The number of H-pyrrole nitrogens is 1. The van der Waals surface area contributed by atoms with Crippen molar-refractivity contribution in [2.45, 2.75) is 29.2 Å². The lowest BCUT2D eigenvalue weighted by molar-refractivity contribution is 0.0932. The highest BCUT2D eigenvalue weighted by Crippen LogP contribution is 2.28. The lowest BCUT2D eigenvalue weighted by Gasteiger charge is -2.17. The molecule has 4 heterocycles. The SMILES string of the molecule is Cc1c(S(=O)(=O)c2ccc3[nH]ncc3c2)cc(C(=O)N[C@@H]2CCN(c3ccncn3)C2)n1C. The van der Waals surface area contributed by atoms with Gasteiger partial charge in [0.15, 0.2) is 0 Å². The molecule has 1 atom stereocenters. The number of aromatic nitrogens is 5. The third kappa shape index (κ3) is 3.74. The average molecular weight is 466 g/mol. The summed E-state index contributed by atoms with van der Waals surface area (Å²) in [7, 11) is -2.11. The molecule has 0 bridgehead atoms. The number of anilines is 1. The Bertz CT molecular complexity index is 1440. The molecule has 1 fully saturated rings. The predicted octanol–water partition coefficient (Wildman–Crippen LogP) is 1.84. The van der Waals surface area contributed by atoms with Crippen molar-refractivity contribution in [2.75, 3.05) is 18.0 Å². The number of rotatable bonds is 5. The van der Waals surface area contributed by atoms with E-state index >= 15 is 0 Å². The zero-order valence-corrected chi connectivity index (χ0v) is 19.0. The van der Waals surface area contributed by atoms with Crippen molar-refractivity contribution in [1.82, 2.24) is 30.0 Å². The molecule has 0 saturated carbocycles. The van der Waals surface area contributed by atoms with E-state index in [2.05, 4.69) is 30.4 Å². The van der Waals surface area contributed by atoms with Gasteiger partial charge in [0, 0.05) is 43.5 Å². The molecule has 33 heavy (non-hydrogen) atoms. The van der Waals surface area contributed by atoms with Crippen LogP contribution in [-0.4, -0.2) is 58.2 Å². The van der Waals surface area contributed by atoms with Crippen molar-refractivity contribution in [3.05, 3.63) is 60.4 Å². The number of amides is 1. The van der Waals surface area contributed by atoms with E-state index in [4.69, 9.17) is 0 Å². The average Bonchev–Trinajstić information content (AvgIpc) is 3.54. The Morgan fingerprint density at radius 2 is 2.09 bits per heavy atom. The number of hydrogen-bond donors (Lipinski definition) is 2. The van der Waals surface area contributed by atoms with E-state index in [1.165, 1.54) is 12.4 Å². The second kappa shape index (κ2) is 8.00. The fourth-order valence-corrected chi connectivity index (χ4v) is 5.77. The van der Waals surface area contributed by atoms with Crippen LogP contribution in [0.15, 0.2) is 58.8 Å². The van der Waals surface area contributed by atoms with Gasteiger partial charge < -0.3 is 14.8 Å².